The van der Waals surface area contributed by atoms with E-state index in [2.05, 4.69) is 20.5 Å². The molecule has 0 aliphatic heterocycles. The van der Waals surface area contributed by atoms with Crippen molar-refractivity contribution in [3.63, 3.8) is 0 Å². The zero-order chi connectivity index (χ0) is 19.9. The third-order valence-electron chi connectivity index (χ3n) is 3.93. The Labute approximate surface area is 167 Å². The van der Waals surface area contributed by atoms with Crippen LogP contribution in [0.4, 0.5) is 5.69 Å². The zero-order valence-electron chi connectivity index (χ0n) is 15.5. The van der Waals surface area contributed by atoms with Gasteiger partial charge in [-0.25, -0.2) is 4.98 Å². The van der Waals surface area contributed by atoms with Gasteiger partial charge in [-0.1, -0.05) is 48.2 Å². The number of hydrogen-bond acceptors (Lipinski definition) is 5. The molecule has 6 nitrogen and oxygen atoms in total. The third kappa shape index (κ3) is 5.40. The number of nitrogens with one attached hydrogen (secondary N) is 2. The first-order chi connectivity index (χ1) is 13.5. The maximum Gasteiger partial charge on any atom is 0.237 e. The highest BCUT2D eigenvalue weighted by atomic mass is 32.2. The molecule has 3 aromatic rings. The predicted molar refractivity (Wildman–Crippen MR) is 112 cm³/mol. The molecule has 142 valence electrons. The van der Waals surface area contributed by atoms with Crippen molar-refractivity contribution in [3.05, 3.63) is 71.5 Å². The van der Waals surface area contributed by atoms with Gasteiger partial charge in [0.25, 0.3) is 0 Å². The summed E-state index contributed by atoms with van der Waals surface area (Å²) in [5.41, 5.74) is 2.32. The highest BCUT2D eigenvalue weighted by molar-refractivity contribution is 8.00. The van der Waals surface area contributed by atoms with Gasteiger partial charge in [-0.3, -0.25) is 14.7 Å². The van der Waals surface area contributed by atoms with Gasteiger partial charge in [-0.2, -0.15) is 0 Å². The lowest BCUT2D eigenvalue weighted by Crippen LogP contribution is -2.22. The standard InChI is InChI=1S/C21H20N4O2S/c1-14(26)17-9-11-18(12-10-17)22-20(27)15(2)28-21-23-19(24-25-21)13-8-16-6-4-3-5-7-16/h3-13,15H,1-2H3,(H,22,27)(H,23,24,25)/b13-8+. The Kier molecular flexibility index (Phi) is 6.39. The van der Waals surface area contributed by atoms with E-state index in [1.807, 2.05) is 42.5 Å². The molecule has 1 aromatic heterocycles. The Morgan fingerprint density at radius 2 is 1.79 bits per heavy atom. The number of hydrogen-bond donors (Lipinski definition) is 2. The molecular weight excluding hydrogens is 372 g/mol. The SMILES string of the molecule is CC(=O)c1ccc(NC(=O)C(C)Sc2n[nH]c(/C=C/c3ccccc3)n2)cc1. The Bertz CT molecular complexity index is 981. The van der Waals surface area contributed by atoms with Crippen LogP contribution in [0.15, 0.2) is 59.8 Å². The zero-order valence-corrected chi connectivity index (χ0v) is 16.4. The monoisotopic (exact) mass is 392 g/mol. The number of H-pyrrole nitrogens is 1. The van der Waals surface area contributed by atoms with Crippen molar-refractivity contribution in [1.82, 2.24) is 15.2 Å². The number of anilines is 1. The van der Waals surface area contributed by atoms with Crippen LogP contribution < -0.4 is 5.32 Å². The molecule has 3 rings (SSSR count). The van der Waals surface area contributed by atoms with Gasteiger partial charge < -0.3 is 5.32 Å². The molecular formula is C21H20N4O2S. The second-order valence-electron chi connectivity index (χ2n) is 6.13. The van der Waals surface area contributed by atoms with Gasteiger partial charge in [0.2, 0.25) is 11.1 Å². The summed E-state index contributed by atoms with van der Waals surface area (Å²) >= 11 is 1.27. The number of aromatic amines is 1. The van der Waals surface area contributed by atoms with Crippen LogP contribution in [-0.4, -0.2) is 32.1 Å². The van der Waals surface area contributed by atoms with Crippen LogP contribution in [0.2, 0.25) is 0 Å². The van der Waals surface area contributed by atoms with E-state index in [0.717, 1.165) is 5.56 Å². The molecule has 0 saturated heterocycles. The van der Waals surface area contributed by atoms with Crippen LogP contribution in [0, 0.1) is 0 Å². The highest BCUT2D eigenvalue weighted by Crippen LogP contribution is 2.21. The minimum Gasteiger partial charge on any atom is -0.325 e. The average molecular weight is 392 g/mol. The van der Waals surface area contributed by atoms with E-state index >= 15 is 0 Å². The summed E-state index contributed by atoms with van der Waals surface area (Å²) < 4.78 is 0. The molecule has 28 heavy (non-hydrogen) atoms. The molecule has 1 heterocycles. The maximum atomic E-state index is 12.4. The number of ketones is 1. The molecule has 1 amide bonds. The number of aromatic nitrogens is 3. The molecule has 2 aromatic carbocycles. The molecule has 7 heteroatoms. The summed E-state index contributed by atoms with van der Waals surface area (Å²) in [5, 5.41) is 9.95. The summed E-state index contributed by atoms with van der Waals surface area (Å²) in [6, 6.07) is 16.7. The van der Waals surface area contributed by atoms with E-state index in [1.165, 1.54) is 18.7 Å². The van der Waals surface area contributed by atoms with Crippen molar-refractivity contribution < 1.29 is 9.59 Å². The molecule has 1 unspecified atom stereocenters. The Morgan fingerprint density at radius 1 is 1.07 bits per heavy atom. The molecule has 0 radical (unpaired) electrons. The number of nitrogens with zero attached hydrogens (tertiary/aromatic N) is 2. The predicted octanol–water partition coefficient (Wildman–Crippen LogP) is 4.30. The van der Waals surface area contributed by atoms with Gasteiger partial charge in [0.1, 0.15) is 5.82 Å². The Hall–Kier alpha value is -3.19. The van der Waals surface area contributed by atoms with Crippen molar-refractivity contribution in [3.8, 4) is 0 Å². The number of Topliss-reactive ketones (excluding diaryl/α,β-unsaturated/α-hetero) is 1. The highest BCUT2D eigenvalue weighted by Gasteiger charge is 2.17. The normalized spacial score (nSPS) is 12.1. The number of thioether (sulfide) groups is 1. The smallest absolute Gasteiger partial charge is 0.237 e. The molecule has 1 atom stereocenters. The van der Waals surface area contributed by atoms with Crippen LogP contribution in [0.5, 0.6) is 0 Å². The van der Waals surface area contributed by atoms with E-state index in [4.69, 9.17) is 0 Å². The Morgan fingerprint density at radius 3 is 2.46 bits per heavy atom. The van der Waals surface area contributed by atoms with E-state index in [1.54, 1.807) is 31.2 Å². The van der Waals surface area contributed by atoms with E-state index in [9.17, 15) is 9.59 Å². The summed E-state index contributed by atoms with van der Waals surface area (Å²) in [4.78, 5) is 28.1. The second-order valence-corrected chi connectivity index (χ2v) is 7.44. The van der Waals surface area contributed by atoms with E-state index in [0.29, 0.717) is 22.2 Å². The van der Waals surface area contributed by atoms with Crippen LogP contribution in [-0.2, 0) is 4.79 Å². The summed E-state index contributed by atoms with van der Waals surface area (Å²) in [7, 11) is 0. The fourth-order valence-electron chi connectivity index (χ4n) is 2.37. The molecule has 0 spiro atoms. The van der Waals surface area contributed by atoms with Gasteiger partial charge in [0.15, 0.2) is 5.78 Å². The summed E-state index contributed by atoms with van der Waals surface area (Å²) in [5.74, 6) is 0.453. The fourth-order valence-corrected chi connectivity index (χ4v) is 3.10. The quantitative estimate of drug-likeness (QED) is 0.462. The minimum absolute atomic E-state index is 0.0106. The third-order valence-corrected chi connectivity index (χ3v) is 4.89. The lowest BCUT2D eigenvalue weighted by Gasteiger charge is -2.10. The number of carbonyl (C=O) groups is 2. The molecule has 0 aliphatic carbocycles. The van der Waals surface area contributed by atoms with Gasteiger partial charge in [-0.05, 0) is 49.8 Å². The van der Waals surface area contributed by atoms with Gasteiger partial charge in [0.05, 0.1) is 5.25 Å². The Balaban J connectivity index is 1.56. The van der Waals surface area contributed by atoms with Gasteiger partial charge in [-0.15, -0.1) is 5.10 Å². The molecule has 0 bridgehead atoms. The molecule has 0 aliphatic rings. The van der Waals surface area contributed by atoms with Crippen molar-refractivity contribution in [2.24, 2.45) is 0 Å². The number of carbonyl (C=O) groups excluding carboxylic acids is 2. The van der Waals surface area contributed by atoms with Crippen LogP contribution in [0.1, 0.15) is 35.6 Å². The summed E-state index contributed by atoms with van der Waals surface area (Å²) in [6.45, 7) is 3.30. The average Bonchev–Trinajstić information content (AvgIpc) is 3.15. The van der Waals surface area contributed by atoms with Crippen LogP contribution >= 0.6 is 11.8 Å². The lowest BCUT2D eigenvalue weighted by molar-refractivity contribution is -0.115. The topological polar surface area (TPSA) is 87.7 Å². The van der Waals surface area contributed by atoms with Crippen molar-refractivity contribution in [1.29, 1.82) is 0 Å². The van der Waals surface area contributed by atoms with Crippen LogP contribution in [0.25, 0.3) is 12.2 Å². The first kappa shape index (κ1) is 19.6. The molecule has 0 saturated carbocycles. The van der Waals surface area contributed by atoms with E-state index < -0.39 is 0 Å². The van der Waals surface area contributed by atoms with Gasteiger partial charge in [0, 0.05) is 11.3 Å². The lowest BCUT2D eigenvalue weighted by atomic mass is 10.1. The fraction of sp³-hybridized carbons (Fsp3) is 0.143. The molecule has 0 fully saturated rings. The largest absolute Gasteiger partial charge is 0.325 e. The minimum atomic E-state index is -0.380. The number of amides is 1. The van der Waals surface area contributed by atoms with Crippen molar-refractivity contribution in [2.45, 2.75) is 24.3 Å². The number of rotatable bonds is 7. The summed E-state index contributed by atoms with van der Waals surface area (Å²) in [6.07, 6.45) is 3.78. The second kappa shape index (κ2) is 9.14. The maximum absolute atomic E-state index is 12.4. The van der Waals surface area contributed by atoms with E-state index in [-0.39, 0.29) is 16.9 Å². The van der Waals surface area contributed by atoms with Gasteiger partial charge >= 0.3 is 0 Å². The number of benzene rings is 2. The first-order valence-electron chi connectivity index (χ1n) is 8.75. The van der Waals surface area contributed by atoms with Crippen molar-refractivity contribution in [2.75, 3.05) is 5.32 Å². The molecule has 2 N–H and O–H groups in total. The first-order valence-corrected chi connectivity index (χ1v) is 9.63. The van der Waals surface area contributed by atoms with Crippen LogP contribution in [0.3, 0.4) is 0 Å². The van der Waals surface area contributed by atoms with Crippen molar-refractivity contribution >= 4 is 41.3 Å².